The maximum atomic E-state index is 12.3. The van der Waals surface area contributed by atoms with Crippen molar-refractivity contribution < 1.29 is 31.1 Å². The standard InChI is InChI=1S/C10H12F6N2O/c1-18-8(5-17)3-2-6(4-8)19-7(9(11,12)13)10(14,15)16/h6-7,18H,2-4H2,1H3. The van der Waals surface area contributed by atoms with Gasteiger partial charge in [-0.25, -0.2) is 0 Å². The molecule has 19 heavy (non-hydrogen) atoms. The van der Waals surface area contributed by atoms with Crippen molar-refractivity contribution in [1.82, 2.24) is 5.32 Å². The van der Waals surface area contributed by atoms with E-state index in [2.05, 4.69) is 10.1 Å². The van der Waals surface area contributed by atoms with Crippen LogP contribution in [0.1, 0.15) is 19.3 Å². The molecule has 1 aliphatic rings. The number of hydrogen-bond donors (Lipinski definition) is 1. The molecule has 1 N–H and O–H groups in total. The fraction of sp³-hybridized carbons (Fsp3) is 0.900. The molecule has 110 valence electrons. The van der Waals surface area contributed by atoms with E-state index in [1.165, 1.54) is 7.05 Å². The third kappa shape index (κ3) is 3.73. The molecule has 0 heterocycles. The molecule has 1 fully saturated rings. The maximum Gasteiger partial charge on any atom is 0.423 e. The lowest BCUT2D eigenvalue weighted by atomic mass is 10.0. The number of rotatable bonds is 3. The quantitative estimate of drug-likeness (QED) is 0.812. The first kappa shape index (κ1) is 16.0. The van der Waals surface area contributed by atoms with Crippen LogP contribution in [0.3, 0.4) is 0 Å². The van der Waals surface area contributed by atoms with Crippen LogP contribution in [-0.4, -0.2) is 37.1 Å². The fourth-order valence-electron chi connectivity index (χ4n) is 2.03. The second-order valence-corrected chi connectivity index (χ2v) is 4.41. The molecule has 0 aromatic heterocycles. The van der Waals surface area contributed by atoms with Crippen LogP contribution in [0.4, 0.5) is 26.3 Å². The van der Waals surface area contributed by atoms with Crippen molar-refractivity contribution in [3.8, 4) is 6.07 Å². The van der Waals surface area contributed by atoms with Crippen LogP contribution in [-0.2, 0) is 4.74 Å². The summed E-state index contributed by atoms with van der Waals surface area (Å²) in [5.41, 5.74) is -1.12. The summed E-state index contributed by atoms with van der Waals surface area (Å²) in [5, 5.41) is 11.5. The highest BCUT2D eigenvalue weighted by atomic mass is 19.4. The number of nitrogens with one attached hydrogen (secondary N) is 1. The summed E-state index contributed by atoms with van der Waals surface area (Å²) in [6, 6.07) is 1.85. The molecule has 0 bridgehead atoms. The minimum Gasteiger partial charge on any atom is -0.357 e. The number of hydrogen-bond acceptors (Lipinski definition) is 3. The summed E-state index contributed by atoms with van der Waals surface area (Å²) < 4.78 is 78.0. The molecule has 1 saturated carbocycles. The Morgan fingerprint density at radius 3 is 2.11 bits per heavy atom. The number of halogens is 6. The second kappa shape index (κ2) is 5.17. The van der Waals surface area contributed by atoms with Crippen molar-refractivity contribution in [1.29, 1.82) is 5.26 Å². The van der Waals surface area contributed by atoms with E-state index in [1.807, 2.05) is 6.07 Å². The highest BCUT2D eigenvalue weighted by molar-refractivity contribution is 5.11. The van der Waals surface area contributed by atoms with Crippen LogP contribution >= 0.6 is 0 Å². The zero-order valence-electron chi connectivity index (χ0n) is 9.90. The first-order chi connectivity index (χ1) is 8.54. The van der Waals surface area contributed by atoms with Crippen LogP contribution < -0.4 is 5.32 Å². The van der Waals surface area contributed by atoms with Gasteiger partial charge in [-0.15, -0.1) is 0 Å². The van der Waals surface area contributed by atoms with Crippen molar-refractivity contribution in [3.63, 3.8) is 0 Å². The van der Waals surface area contributed by atoms with E-state index in [0.29, 0.717) is 0 Å². The molecule has 1 aliphatic carbocycles. The lowest BCUT2D eigenvalue weighted by molar-refractivity contribution is -0.330. The smallest absolute Gasteiger partial charge is 0.357 e. The zero-order valence-corrected chi connectivity index (χ0v) is 9.90. The van der Waals surface area contributed by atoms with Gasteiger partial charge in [0.25, 0.3) is 0 Å². The molecular weight excluding hydrogens is 278 g/mol. The molecule has 2 atom stereocenters. The zero-order chi connectivity index (χ0) is 14.9. The van der Waals surface area contributed by atoms with Crippen molar-refractivity contribution in [2.24, 2.45) is 0 Å². The summed E-state index contributed by atoms with van der Waals surface area (Å²) >= 11 is 0. The van der Waals surface area contributed by atoms with Gasteiger partial charge in [-0.3, -0.25) is 0 Å². The highest BCUT2D eigenvalue weighted by Gasteiger charge is 2.59. The summed E-state index contributed by atoms with van der Waals surface area (Å²) in [7, 11) is 1.43. The summed E-state index contributed by atoms with van der Waals surface area (Å²) in [4.78, 5) is 0. The maximum absolute atomic E-state index is 12.3. The van der Waals surface area contributed by atoms with Crippen molar-refractivity contribution in [2.75, 3.05) is 7.05 Å². The minimum absolute atomic E-state index is 0.0307. The van der Waals surface area contributed by atoms with E-state index in [1.54, 1.807) is 0 Å². The number of ether oxygens (including phenoxy) is 1. The molecule has 0 aromatic rings. The molecule has 0 spiro atoms. The van der Waals surface area contributed by atoms with Crippen molar-refractivity contribution >= 4 is 0 Å². The Kier molecular flexibility index (Phi) is 4.37. The monoisotopic (exact) mass is 290 g/mol. The van der Waals surface area contributed by atoms with E-state index in [9.17, 15) is 26.3 Å². The fourth-order valence-corrected chi connectivity index (χ4v) is 2.03. The predicted molar refractivity (Wildman–Crippen MR) is 52.0 cm³/mol. The Labute approximate surface area is 105 Å². The van der Waals surface area contributed by atoms with Crippen LogP contribution in [0.2, 0.25) is 0 Å². The molecule has 0 aliphatic heterocycles. The van der Waals surface area contributed by atoms with E-state index < -0.39 is 30.1 Å². The minimum atomic E-state index is -5.52. The number of nitriles is 1. The van der Waals surface area contributed by atoms with Gasteiger partial charge >= 0.3 is 12.4 Å². The predicted octanol–water partition coefficient (Wildman–Crippen LogP) is 2.53. The van der Waals surface area contributed by atoms with Crippen molar-refractivity contribution in [2.45, 2.75) is 49.4 Å². The summed E-state index contributed by atoms with van der Waals surface area (Å²) in [6.07, 6.45) is -16.2. The largest absolute Gasteiger partial charge is 0.423 e. The summed E-state index contributed by atoms with van der Waals surface area (Å²) in [5.74, 6) is 0. The first-order valence-corrected chi connectivity index (χ1v) is 5.43. The van der Waals surface area contributed by atoms with Gasteiger partial charge in [-0.05, 0) is 19.9 Å². The molecule has 2 unspecified atom stereocenters. The van der Waals surface area contributed by atoms with E-state index in [-0.39, 0.29) is 19.3 Å². The Bertz CT molecular complexity index is 347. The van der Waals surface area contributed by atoms with Crippen LogP contribution in [0.5, 0.6) is 0 Å². The Balaban J connectivity index is 2.77. The lowest BCUT2D eigenvalue weighted by Gasteiger charge is -2.27. The summed E-state index contributed by atoms with van der Waals surface area (Å²) in [6.45, 7) is 0. The van der Waals surface area contributed by atoms with Gasteiger partial charge in [-0.2, -0.15) is 31.6 Å². The van der Waals surface area contributed by atoms with Gasteiger partial charge in [-0.1, -0.05) is 0 Å². The van der Waals surface area contributed by atoms with E-state index in [4.69, 9.17) is 5.26 Å². The van der Waals surface area contributed by atoms with E-state index >= 15 is 0 Å². The highest BCUT2D eigenvalue weighted by Crippen LogP contribution is 2.40. The average molecular weight is 290 g/mol. The van der Waals surface area contributed by atoms with Crippen LogP contribution in [0.15, 0.2) is 0 Å². The van der Waals surface area contributed by atoms with Crippen LogP contribution in [0, 0.1) is 11.3 Å². The Hall–Kier alpha value is -1.01. The molecular formula is C10H12F6N2O. The third-order valence-electron chi connectivity index (χ3n) is 3.08. The topological polar surface area (TPSA) is 45.0 Å². The lowest BCUT2D eigenvalue weighted by Crippen LogP contribution is -2.47. The van der Waals surface area contributed by atoms with Gasteiger partial charge in [0.1, 0.15) is 5.54 Å². The van der Waals surface area contributed by atoms with Gasteiger partial charge in [0.15, 0.2) is 0 Å². The molecule has 9 heteroatoms. The van der Waals surface area contributed by atoms with E-state index in [0.717, 1.165) is 0 Å². The second-order valence-electron chi connectivity index (χ2n) is 4.41. The Morgan fingerprint density at radius 2 is 1.79 bits per heavy atom. The van der Waals surface area contributed by atoms with Gasteiger partial charge in [0.2, 0.25) is 6.10 Å². The molecule has 3 nitrogen and oxygen atoms in total. The Morgan fingerprint density at radius 1 is 1.26 bits per heavy atom. The normalized spacial score (nSPS) is 28.7. The van der Waals surface area contributed by atoms with Crippen LogP contribution in [0.25, 0.3) is 0 Å². The number of nitrogens with zero attached hydrogens (tertiary/aromatic N) is 1. The molecule has 1 rings (SSSR count). The molecule has 0 radical (unpaired) electrons. The third-order valence-corrected chi connectivity index (χ3v) is 3.08. The number of alkyl halides is 6. The average Bonchev–Trinajstić information content (AvgIpc) is 2.67. The van der Waals surface area contributed by atoms with Crippen molar-refractivity contribution in [3.05, 3.63) is 0 Å². The molecule has 0 saturated heterocycles. The van der Waals surface area contributed by atoms with Gasteiger partial charge < -0.3 is 10.1 Å². The molecule has 0 amide bonds. The molecule has 0 aromatic carbocycles. The SMILES string of the molecule is CNC1(C#N)CCC(OC(C(F)(F)F)C(F)(F)F)C1. The van der Waals surface area contributed by atoms with Gasteiger partial charge in [0, 0.05) is 6.42 Å². The first-order valence-electron chi connectivity index (χ1n) is 5.43. The van der Waals surface area contributed by atoms with Gasteiger partial charge in [0.05, 0.1) is 12.2 Å².